The molecule has 2 unspecified atom stereocenters. The van der Waals surface area contributed by atoms with Crippen molar-refractivity contribution in [3.63, 3.8) is 0 Å². The van der Waals surface area contributed by atoms with Crippen LogP contribution in [0, 0.1) is 0 Å². The van der Waals surface area contributed by atoms with Crippen LogP contribution in [-0.2, 0) is 0 Å². The average Bonchev–Trinajstić information content (AvgIpc) is 3.52. The van der Waals surface area contributed by atoms with Crippen LogP contribution in [0.25, 0.3) is 44.3 Å². The van der Waals surface area contributed by atoms with Crippen LogP contribution in [0.15, 0.2) is 109 Å². The third kappa shape index (κ3) is 2.60. The maximum atomic E-state index is 5.25. The van der Waals surface area contributed by atoms with E-state index < -0.39 is 0 Å². The molecular formula is C33H22N2. The van der Waals surface area contributed by atoms with E-state index >= 15 is 0 Å². The van der Waals surface area contributed by atoms with Gasteiger partial charge in [0.15, 0.2) is 0 Å². The molecule has 0 N–H and O–H groups in total. The SMILES string of the molecule is c1ccc(-c2nc3ccccc3c3c2C2CC3c3c(-c4ccccc4)nc4ccccc4c32)cc1. The van der Waals surface area contributed by atoms with Crippen LogP contribution < -0.4 is 0 Å². The highest BCUT2D eigenvalue weighted by Gasteiger charge is 2.47. The first kappa shape index (κ1) is 19.1. The quantitative estimate of drug-likeness (QED) is 0.268. The van der Waals surface area contributed by atoms with Crippen LogP contribution in [-0.4, -0.2) is 9.97 Å². The Labute approximate surface area is 203 Å². The first-order valence-corrected chi connectivity index (χ1v) is 12.3. The molecule has 0 aliphatic heterocycles. The Kier molecular flexibility index (Phi) is 3.86. The maximum absolute atomic E-state index is 5.25. The minimum absolute atomic E-state index is 0.327. The fraction of sp³-hybridized carbons (Fsp3) is 0.0909. The van der Waals surface area contributed by atoms with Gasteiger partial charge in [0.1, 0.15) is 0 Å². The standard InChI is InChI=1S/C33H22N2/c1-3-11-20(12-4-1)32-30-24-19-25(28(30)22-15-7-9-17-26(22)34-32)31-29(24)23-16-8-10-18-27(23)35-33(31)21-13-5-2-6-14-21/h1-18,24-25H,19H2. The van der Waals surface area contributed by atoms with E-state index in [0.29, 0.717) is 11.8 Å². The lowest BCUT2D eigenvalue weighted by molar-refractivity contribution is 0.799. The zero-order valence-electron chi connectivity index (χ0n) is 19.1. The lowest BCUT2D eigenvalue weighted by Crippen LogP contribution is -2.10. The van der Waals surface area contributed by atoms with Crippen molar-refractivity contribution in [2.75, 3.05) is 0 Å². The smallest absolute Gasteiger partial charge is 0.0750 e. The van der Waals surface area contributed by atoms with Gasteiger partial charge in [0.05, 0.1) is 22.4 Å². The van der Waals surface area contributed by atoms with Gasteiger partial charge in [-0.3, -0.25) is 0 Å². The number of hydrogen-bond donors (Lipinski definition) is 0. The summed E-state index contributed by atoms with van der Waals surface area (Å²) >= 11 is 0. The maximum Gasteiger partial charge on any atom is 0.0750 e. The molecule has 2 aliphatic rings. The average molecular weight is 447 g/mol. The Morgan fingerprint density at radius 3 is 1.29 bits per heavy atom. The number of pyridine rings is 2. The highest BCUT2D eigenvalue weighted by molar-refractivity contribution is 5.96. The molecule has 164 valence electrons. The molecule has 4 aromatic carbocycles. The summed E-state index contributed by atoms with van der Waals surface area (Å²) in [5.41, 5.74) is 12.6. The first-order valence-electron chi connectivity index (χ1n) is 12.3. The van der Waals surface area contributed by atoms with Crippen LogP contribution in [0.1, 0.15) is 40.5 Å². The lowest BCUT2D eigenvalue weighted by Gasteiger charge is -2.26. The largest absolute Gasteiger partial charge is 0.247 e. The molecule has 0 spiro atoms. The molecule has 8 rings (SSSR count). The summed E-state index contributed by atoms with van der Waals surface area (Å²) in [6, 6.07) is 38.8. The number of rotatable bonds is 2. The molecule has 2 atom stereocenters. The zero-order chi connectivity index (χ0) is 22.9. The summed E-state index contributed by atoms with van der Waals surface area (Å²) in [4.78, 5) is 10.5. The van der Waals surface area contributed by atoms with E-state index in [9.17, 15) is 0 Å². The summed E-state index contributed by atoms with van der Waals surface area (Å²) in [6.45, 7) is 0. The molecule has 0 saturated heterocycles. The Hall–Kier alpha value is -4.30. The Morgan fingerprint density at radius 1 is 0.429 bits per heavy atom. The van der Waals surface area contributed by atoms with E-state index in [4.69, 9.17) is 9.97 Å². The van der Waals surface area contributed by atoms with Gasteiger partial charge < -0.3 is 0 Å². The summed E-state index contributed by atoms with van der Waals surface area (Å²) < 4.78 is 0. The van der Waals surface area contributed by atoms with E-state index in [2.05, 4.69) is 109 Å². The molecule has 35 heavy (non-hydrogen) atoms. The van der Waals surface area contributed by atoms with Crippen LogP contribution in [0.2, 0.25) is 0 Å². The monoisotopic (exact) mass is 446 g/mol. The van der Waals surface area contributed by atoms with E-state index in [1.165, 1.54) is 44.2 Å². The van der Waals surface area contributed by atoms with E-state index in [-0.39, 0.29) is 0 Å². The van der Waals surface area contributed by atoms with Gasteiger partial charge in [0, 0.05) is 33.7 Å². The van der Waals surface area contributed by atoms with Crippen molar-refractivity contribution in [3.8, 4) is 22.5 Å². The van der Waals surface area contributed by atoms with Crippen molar-refractivity contribution in [2.24, 2.45) is 0 Å². The Bertz CT molecular complexity index is 1640. The molecule has 0 saturated carbocycles. The number of hydrogen-bond acceptors (Lipinski definition) is 2. The van der Waals surface area contributed by atoms with Crippen LogP contribution in [0.5, 0.6) is 0 Å². The van der Waals surface area contributed by atoms with E-state index in [0.717, 1.165) is 28.8 Å². The van der Waals surface area contributed by atoms with Crippen molar-refractivity contribution < 1.29 is 0 Å². The molecular weight excluding hydrogens is 424 g/mol. The van der Waals surface area contributed by atoms with E-state index in [1.807, 2.05) is 0 Å². The zero-order valence-corrected chi connectivity index (χ0v) is 19.1. The second-order valence-corrected chi connectivity index (χ2v) is 9.68. The van der Waals surface area contributed by atoms with E-state index in [1.54, 1.807) is 0 Å². The second kappa shape index (κ2) is 7.10. The van der Waals surface area contributed by atoms with Crippen LogP contribution in [0.4, 0.5) is 0 Å². The molecule has 0 amide bonds. The molecule has 0 radical (unpaired) electrons. The molecule has 2 heteroatoms. The molecule has 2 aliphatic carbocycles. The summed E-state index contributed by atoms with van der Waals surface area (Å²) in [6.07, 6.45) is 1.09. The second-order valence-electron chi connectivity index (χ2n) is 9.68. The highest BCUT2D eigenvalue weighted by atomic mass is 14.8. The minimum Gasteiger partial charge on any atom is -0.247 e. The molecule has 0 fully saturated rings. The van der Waals surface area contributed by atoms with Gasteiger partial charge in [-0.2, -0.15) is 0 Å². The van der Waals surface area contributed by atoms with Gasteiger partial charge in [-0.1, -0.05) is 97.1 Å². The number of nitrogens with zero attached hydrogens (tertiary/aromatic N) is 2. The molecule has 2 heterocycles. The number of benzene rings is 4. The normalized spacial score (nSPS) is 17.6. The number of aromatic nitrogens is 2. The molecule has 6 aromatic rings. The highest BCUT2D eigenvalue weighted by Crippen LogP contribution is 2.62. The van der Waals surface area contributed by atoms with Crippen molar-refractivity contribution in [3.05, 3.63) is 131 Å². The van der Waals surface area contributed by atoms with Crippen LogP contribution >= 0.6 is 0 Å². The fourth-order valence-corrected chi connectivity index (χ4v) is 6.59. The van der Waals surface area contributed by atoms with Gasteiger partial charge in [-0.15, -0.1) is 0 Å². The summed E-state index contributed by atoms with van der Waals surface area (Å²) in [5, 5.41) is 2.57. The fourth-order valence-electron chi connectivity index (χ4n) is 6.59. The van der Waals surface area contributed by atoms with Crippen LogP contribution in [0.3, 0.4) is 0 Å². The minimum atomic E-state index is 0.327. The van der Waals surface area contributed by atoms with Gasteiger partial charge in [-0.05, 0) is 40.8 Å². The van der Waals surface area contributed by atoms with Gasteiger partial charge in [0.25, 0.3) is 0 Å². The van der Waals surface area contributed by atoms with Gasteiger partial charge >= 0.3 is 0 Å². The third-order valence-corrected chi connectivity index (χ3v) is 7.90. The summed E-state index contributed by atoms with van der Waals surface area (Å²) in [7, 11) is 0. The van der Waals surface area contributed by atoms with Crippen molar-refractivity contribution in [1.29, 1.82) is 0 Å². The Morgan fingerprint density at radius 2 is 0.829 bits per heavy atom. The predicted molar refractivity (Wildman–Crippen MR) is 143 cm³/mol. The topological polar surface area (TPSA) is 25.8 Å². The van der Waals surface area contributed by atoms with Crippen molar-refractivity contribution in [1.82, 2.24) is 9.97 Å². The van der Waals surface area contributed by atoms with Gasteiger partial charge in [-0.25, -0.2) is 9.97 Å². The van der Waals surface area contributed by atoms with Crippen molar-refractivity contribution >= 4 is 21.8 Å². The van der Waals surface area contributed by atoms with Crippen molar-refractivity contribution in [2.45, 2.75) is 18.3 Å². The number of fused-ring (bicyclic) bond motifs is 12. The molecule has 2 nitrogen and oxygen atoms in total. The molecule has 2 aromatic heterocycles. The lowest BCUT2D eigenvalue weighted by atomic mass is 9.79. The molecule has 2 bridgehead atoms. The first-order chi connectivity index (χ1) is 17.4. The number of para-hydroxylation sites is 2. The predicted octanol–water partition coefficient (Wildman–Crippen LogP) is 8.10. The van der Waals surface area contributed by atoms with Gasteiger partial charge in [0.2, 0.25) is 0 Å². The third-order valence-electron chi connectivity index (χ3n) is 7.90. The summed E-state index contributed by atoms with van der Waals surface area (Å²) in [5.74, 6) is 0.653. The Balaban J connectivity index is 1.50.